The number of urea groups is 1. The Balaban J connectivity index is 1.95. The molecule has 0 aliphatic rings. The van der Waals surface area contributed by atoms with E-state index in [-0.39, 0.29) is 11.9 Å². The van der Waals surface area contributed by atoms with Gasteiger partial charge in [0.2, 0.25) is 0 Å². The first-order valence-corrected chi connectivity index (χ1v) is 8.71. The fourth-order valence-corrected chi connectivity index (χ4v) is 2.76. The van der Waals surface area contributed by atoms with Crippen LogP contribution < -0.4 is 16.0 Å². The molecule has 0 saturated carbocycles. The van der Waals surface area contributed by atoms with Gasteiger partial charge in [0.25, 0.3) is 5.91 Å². The number of aromatic nitrogens is 3. The number of carbonyl (C=O) groups excluding carboxylic acids is 2. The fourth-order valence-electron chi connectivity index (χ4n) is 2.24. The van der Waals surface area contributed by atoms with E-state index in [0.717, 1.165) is 5.56 Å². The number of pyridine rings is 2. The minimum Gasteiger partial charge on any atom is -0.338 e. The van der Waals surface area contributed by atoms with Gasteiger partial charge in [0, 0.05) is 47.8 Å². The third-order valence-corrected chi connectivity index (χ3v) is 4.04. The lowest BCUT2D eigenvalue weighted by molar-refractivity contribution is 0.102. The first kappa shape index (κ1) is 17.5. The Labute approximate surface area is 153 Å². The molecule has 132 valence electrons. The molecule has 0 aliphatic carbocycles. The van der Waals surface area contributed by atoms with Crippen molar-refractivity contribution in [2.75, 3.05) is 17.2 Å². The lowest BCUT2D eigenvalue weighted by atomic mass is 10.0. The van der Waals surface area contributed by atoms with Crippen LogP contribution in [0.15, 0.2) is 48.4 Å². The van der Waals surface area contributed by atoms with Crippen molar-refractivity contribution in [1.29, 1.82) is 0 Å². The zero-order valence-electron chi connectivity index (χ0n) is 13.9. The second-order valence-corrected chi connectivity index (χ2v) is 6.03. The molecule has 0 radical (unpaired) electrons. The average Bonchev–Trinajstić information content (AvgIpc) is 3.15. The SMILES string of the molecule is CCNC(=O)Nc1cc(-c2cccnc2)c(C(=O)Nc2nccs2)cn1. The molecule has 0 aromatic carbocycles. The molecule has 3 aromatic rings. The molecule has 0 atom stereocenters. The Morgan fingerprint density at radius 2 is 2.04 bits per heavy atom. The highest BCUT2D eigenvalue weighted by Gasteiger charge is 2.16. The minimum absolute atomic E-state index is 0.334. The highest BCUT2D eigenvalue weighted by atomic mass is 32.1. The lowest BCUT2D eigenvalue weighted by Crippen LogP contribution is -2.28. The quantitative estimate of drug-likeness (QED) is 0.641. The molecule has 0 saturated heterocycles. The Morgan fingerprint density at radius 1 is 1.15 bits per heavy atom. The van der Waals surface area contributed by atoms with E-state index in [1.807, 2.05) is 13.0 Å². The highest BCUT2D eigenvalue weighted by Crippen LogP contribution is 2.26. The van der Waals surface area contributed by atoms with Gasteiger partial charge in [0.1, 0.15) is 5.82 Å². The summed E-state index contributed by atoms with van der Waals surface area (Å²) in [6, 6.07) is 4.88. The molecule has 3 aromatic heterocycles. The predicted octanol–water partition coefficient (Wildman–Crippen LogP) is 2.99. The number of carbonyl (C=O) groups is 2. The van der Waals surface area contributed by atoms with Crippen LogP contribution in [0.1, 0.15) is 17.3 Å². The van der Waals surface area contributed by atoms with Gasteiger partial charge < -0.3 is 5.32 Å². The van der Waals surface area contributed by atoms with Crippen LogP contribution in [-0.2, 0) is 0 Å². The molecular formula is C17H16N6O2S. The molecule has 3 amide bonds. The van der Waals surface area contributed by atoms with Crippen LogP contribution in [0, 0.1) is 0 Å². The van der Waals surface area contributed by atoms with E-state index in [0.29, 0.717) is 28.6 Å². The van der Waals surface area contributed by atoms with Crippen LogP contribution >= 0.6 is 11.3 Å². The molecule has 0 fully saturated rings. The maximum absolute atomic E-state index is 12.6. The average molecular weight is 368 g/mol. The first-order valence-electron chi connectivity index (χ1n) is 7.83. The van der Waals surface area contributed by atoms with E-state index in [1.54, 1.807) is 36.1 Å². The van der Waals surface area contributed by atoms with Crippen LogP contribution in [0.25, 0.3) is 11.1 Å². The molecule has 3 heterocycles. The second kappa shape index (κ2) is 8.17. The monoisotopic (exact) mass is 368 g/mol. The number of thiazole rings is 1. The van der Waals surface area contributed by atoms with Gasteiger partial charge in [-0.15, -0.1) is 11.3 Å². The summed E-state index contributed by atoms with van der Waals surface area (Å²) >= 11 is 1.32. The van der Waals surface area contributed by atoms with Crippen molar-refractivity contribution in [2.24, 2.45) is 0 Å². The van der Waals surface area contributed by atoms with Crippen molar-refractivity contribution in [3.05, 3.63) is 53.9 Å². The summed E-state index contributed by atoms with van der Waals surface area (Å²) in [5.41, 5.74) is 1.70. The Kier molecular flexibility index (Phi) is 5.49. The summed E-state index contributed by atoms with van der Waals surface area (Å²) < 4.78 is 0. The molecule has 9 heteroatoms. The van der Waals surface area contributed by atoms with E-state index in [1.165, 1.54) is 17.5 Å². The number of amides is 3. The van der Waals surface area contributed by atoms with E-state index in [2.05, 4.69) is 30.9 Å². The normalized spacial score (nSPS) is 10.2. The smallest absolute Gasteiger partial charge is 0.320 e. The summed E-state index contributed by atoms with van der Waals surface area (Å²) in [6.45, 7) is 2.32. The van der Waals surface area contributed by atoms with Crippen LogP contribution in [0.2, 0.25) is 0 Å². The standard InChI is InChI=1S/C17H16N6O2S/c1-2-19-16(25)22-14-8-12(11-4-3-5-18-9-11)13(10-21-14)15(24)23-17-20-6-7-26-17/h3-10H,2H2,1H3,(H,20,23,24)(H2,19,21,22,25). The molecule has 0 unspecified atom stereocenters. The maximum atomic E-state index is 12.6. The molecule has 0 spiro atoms. The van der Waals surface area contributed by atoms with Gasteiger partial charge in [-0.25, -0.2) is 14.8 Å². The van der Waals surface area contributed by atoms with Crippen molar-refractivity contribution < 1.29 is 9.59 Å². The van der Waals surface area contributed by atoms with Crippen LogP contribution in [0.4, 0.5) is 15.7 Å². The van der Waals surface area contributed by atoms with E-state index >= 15 is 0 Å². The summed E-state index contributed by atoms with van der Waals surface area (Å²) in [4.78, 5) is 36.7. The van der Waals surface area contributed by atoms with Crippen molar-refractivity contribution in [3.8, 4) is 11.1 Å². The highest BCUT2D eigenvalue weighted by molar-refractivity contribution is 7.13. The zero-order valence-corrected chi connectivity index (χ0v) is 14.7. The van der Waals surface area contributed by atoms with Gasteiger partial charge in [-0.05, 0) is 19.1 Å². The largest absolute Gasteiger partial charge is 0.338 e. The Hall–Kier alpha value is -3.33. The topological polar surface area (TPSA) is 109 Å². The molecule has 8 nitrogen and oxygen atoms in total. The fraction of sp³-hybridized carbons (Fsp3) is 0.118. The number of rotatable bonds is 5. The second-order valence-electron chi connectivity index (χ2n) is 5.13. The van der Waals surface area contributed by atoms with E-state index < -0.39 is 0 Å². The molecule has 0 aliphatic heterocycles. The van der Waals surface area contributed by atoms with Crippen molar-refractivity contribution >= 4 is 34.2 Å². The van der Waals surface area contributed by atoms with Crippen LogP contribution in [0.5, 0.6) is 0 Å². The van der Waals surface area contributed by atoms with Gasteiger partial charge in [-0.3, -0.25) is 20.4 Å². The molecule has 3 rings (SSSR count). The Bertz CT molecular complexity index is 899. The summed E-state index contributed by atoms with van der Waals surface area (Å²) in [6.07, 6.45) is 6.33. The molecular weight excluding hydrogens is 352 g/mol. The maximum Gasteiger partial charge on any atom is 0.320 e. The number of nitrogens with one attached hydrogen (secondary N) is 3. The predicted molar refractivity (Wildman–Crippen MR) is 100 cm³/mol. The van der Waals surface area contributed by atoms with Gasteiger partial charge in [0.15, 0.2) is 5.13 Å². The lowest BCUT2D eigenvalue weighted by Gasteiger charge is -2.12. The zero-order chi connectivity index (χ0) is 18.4. The molecule has 26 heavy (non-hydrogen) atoms. The third-order valence-electron chi connectivity index (χ3n) is 3.35. The summed E-state index contributed by atoms with van der Waals surface area (Å²) in [5, 5.41) is 10.3. The number of hydrogen-bond acceptors (Lipinski definition) is 6. The third kappa shape index (κ3) is 4.19. The van der Waals surface area contributed by atoms with Crippen LogP contribution in [0.3, 0.4) is 0 Å². The van der Waals surface area contributed by atoms with Gasteiger partial charge in [-0.2, -0.15) is 0 Å². The number of nitrogens with zero attached hydrogens (tertiary/aromatic N) is 3. The summed E-state index contributed by atoms with van der Waals surface area (Å²) in [5.74, 6) is -0.00327. The van der Waals surface area contributed by atoms with Crippen LogP contribution in [-0.4, -0.2) is 33.4 Å². The minimum atomic E-state index is -0.364. The number of anilines is 2. The van der Waals surface area contributed by atoms with E-state index in [9.17, 15) is 9.59 Å². The molecule has 0 bridgehead atoms. The van der Waals surface area contributed by atoms with Gasteiger partial charge in [0.05, 0.1) is 5.56 Å². The van der Waals surface area contributed by atoms with E-state index in [4.69, 9.17) is 0 Å². The first-order chi connectivity index (χ1) is 12.7. The molecule has 3 N–H and O–H groups in total. The van der Waals surface area contributed by atoms with Gasteiger partial charge in [-0.1, -0.05) is 6.07 Å². The summed E-state index contributed by atoms with van der Waals surface area (Å²) in [7, 11) is 0. The van der Waals surface area contributed by atoms with Crippen molar-refractivity contribution in [3.63, 3.8) is 0 Å². The Morgan fingerprint density at radius 3 is 2.73 bits per heavy atom. The number of hydrogen-bond donors (Lipinski definition) is 3. The van der Waals surface area contributed by atoms with Crippen molar-refractivity contribution in [2.45, 2.75) is 6.92 Å². The van der Waals surface area contributed by atoms with Gasteiger partial charge >= 0.3 is 6.03 Å². The van der Waals surface area contributed by atoms with Crippen molar-refractivity contribution in [1.82, 2.24) is 20.3 Å².